The Hall–Kier alpha value is -3.46. The van der Waals surface area contributed by atoms with Crippen LogP contribution in [0.5, 0.6) is 17.2 Å². The third kappa shape index (κ3) is 4.35. The lowest BCUT2D eigenvalue weighted by atomic mass is 10.3. The van der Waals surface area contributed by atoms with Crippen LogP contribution in [-0.2, 0) is 10.1 Å². The number of carbonyl (C=O) groups is 1. The predicted octanol–water partition coefficient (Wildman–Crippen LogP) is 3.46. The van der Waals surface area contributed by atoms with Crippen LogP contribution in [0.4, 0.5) is 5.69 Å². The van der Waals surface area contributed by atoms with Crippen molar-refractivity contribution in [3.8, 4) is 17.2 Å². The summed E-state index contributed by atoms with van der Waals surface area (Å²) in [6.07, 6.45) is 2.12. The van der Waals surface area contributed by atoms with Crippen molar-refractivity contribution in [1.29, 1.82) is 0 Å². The predicted molar refractivity (Wildman–Crippen MR) is 103 cm³/mol. The molecule has 0 spiro atoms. The van der Waals surface area contributed by atoms with Crippen LogP contribution in [0.3, 0.4) is 0 Å². The second-order valence-electron chi connectivity index (χ2n) is 6.15. The summed E-state index contributed by atoms with van der Waals surface area (Å²) < 4.78 is 46.4. The minimum Gasteiger partial charge on any atom is -0.490 e. The van der Waals surface area contributed by atoms with Crippen molar-refractivity contribution < 1.29 is 31.3 Å². The van der Waals surface area contributed by atoms with Crippen molar-refractivity contribution in [2.75, 3.05) is 18.5 Å². The summed E-state index contributed by atoms with van der Waals surface area (Å²) in [6, 6.07) is 13.4. The van der Waals surface area contributed by atoms with Gasteiger partial charge in [-0.05, 0) is 48.5 Å². The number of amides is 1. The summed E-state index contributed by atoms with van der Waals surface area (Å²) in [5.74, 6) is 0.722. The monoisotopic (exact) mass is 415 g/mol. The molecule has 0 bridgehead atoms. The summed E-state index contributed by atoms with van der Waals surface area (Å²) in [5.41, 5.74) is 0.465. The number of nitrogens with one attached hydrogen (secondary N) is 1. The van der Waals surface area contributed by atoms with Crippen LogP contribution < -0.4 is 19.0 Å². The summed E-state index contributed by atoms with van der Waals surface area (Å²) >= 11 is 0. The molecule has 1 N–H and O–H groups in total. The maximum Gasteiger partial charge on any atom is 0.339 e. The molecule has 0 atom stereocenters. The quantitative estimate of drug-likeness (QED) is 0.636. The van der Waals surface area contributed by atoms with Crippen LogP contribution in [0.15, 0.2) is 70.2 Å². The lowest BCUT2D eigenvalue weighted by Gasteiger charge is -2.11. The van der Waals surface area contributed by atoms with E-state index in [4.69, 9.17) is 18.1 Å². The third-order valence-corrected chi connectivity index (χ3v) is 5.31. The maximum atomic E-state index is 12.6. The minimum atomic E-state index is -4.07. The molecule has 29 heavy (non-hydrogen) atoms. The van der Waals surface area contributed by atoms with E-state index in [1.165, 1.54) is 48.7 Å². The Morgan fingerprint density at radius 2 is 1.72 bits per heavy atom. The molecule has 3 aromatic rings. The molecule has 2 heterocycles. The van der Waals surface area contributed by atoms with E-state index in [2.05, 4.69) is 5.32 Å². The van der Waals surface area contributed by atoms with Gasteiger partial charge in [0.05, 0.1) is 19.5 Å². The lowest BCUT2D eigenvalue weighted by molar-refractivity contribution is 0.0996. The number of carbonyl (C=O) groups excluding carboxylic acids is 1. The number of furan rings is 1. The van der Waals surface area contributed by atoms with Gasteiger partial charge in [-0.1, -0.05) is 0 Å². The van der Waals surface area contributed by atoms with Crippen LogP contribution in [-0.4, -0.2) is 27.5 Å². The SMILES string of the molecule is O=C(Nc1ccc(OS(=O)(=O)c2ccc3c(c2)OCCCO3)cc1)c1ccco1. The van der Waals surface area contributed by atoms with Gasteiger partial charge >= 0.3 is 10.1 Å². The molecule has 1 aromatic heterocycles. The second-order valence-corrected chi connectivity index (χ2v) is 7.70. The highest BCUT2D eigenvalue weighted by atomic mass is 32.2. The van der Waals surface area contributed by atoms with Crippen molar-refractivity contribution in [3.05, 3.63) is 66.6 Å². The molecule has 0 fully saturated rings. The smallest absolute Gasteiger partial charge is 0.339 e. The Morgan fingerprint density at radius 3 is 2.45 bits per heavy atom. The molecule has 4 rings (SSSR count). The average Bonchev–Trinajstić information content (AvgIpc) is 3.15. The van der Waals surface area contributed by atoms with Gasteiger partial charge in [-0.25, -0.2) is 0 Å². The van der Waals surface area contributed by atoms with Gasteiger partial charge in [0.15, 0.2) is 17.3 Å². The normalized spacial score (nSPS) is 13.4. The van der Waals surface area contributed by atoms with E-state index in [9.17, 15) is 13.2 Å². The highest BCUT2D eigenvalue weighted by Gasteiger charge is 2.21. The van der Waals surface area contributed by atoms with Gasteiger partial charge in [-0.2, -0.15) is 8.42 Å². The van der Waals surface area contributed by atoms with Gasteiger partial charge in [0, 0.05) is 18.2 Å². The third-order valence-electron chi connectivity index (χ3n) is 4.07. The first-order chi connectivity index (χ1) is 14.0. The van der Waals surface area contributed by atoms with E-state index in [1.54, 1.807) is 12.1 Å². The molecule has 0 aliphatic carbocycles. The Balaban J connectivity index is 1.47. The number of rotatable bonds is 5. The topological polar surface area (TPSA) is 104 Å². The average molecular weight is 415 g/mol. The number of benzene rings is 2. The number of hydrogen-bond donors (Lipinski definition) is 1. The molecule has 1 amide bonds. The van der Waals surface area contributed by atoms with Gasteiger partial charge in [0.1, 0.15) is 10.6 Å². The standard InChI is InChI=1S/C20H17NO7S/c22-20(18-3-1-10-26-18)21-14-4-6-15(7-5-14)28-29(23,24)16-8-9-17-19(13-16)27-12-2-11-25-17/h1,3-10,13H,2,11-12H2,(H,21,22). The molecule has 0 radical (unpaired) electrons. The first-order valence-corrected chi connectivity index (χ1v) is 10.2. The molecule has 150 valence electrons. The Bertz CT molecular complexity index is 1110. The highest BCUT2D eigenvalue weighted by molar-refractivity contribution is 7.87. The zero-order valence-corrected chi connectivity index (χ0v) is 16.0. The Morgan fingerprint density at radius 1 is 0.966 bits per heavy atom. The van der Waals surface area contributed by atoms with Gasteiger partial charge < -0.3 is 23.4 Å². The molecular formula is C20H17NO7S. The summed E-state index contributed by atoms with van der Waals surface area (Å²) in [6.45, 7) is 0.959. The fourth-order valence-corrected chi connectivity index (χ4v) is 3.61. The Labute approximate surface area is 167 Å². The summed E-state index contributed by atoms with van der Waals surface area (Å²) in [5, 5.41) is 2.64. The van der Waals surface area contributed by atoms with E-state index in [0.717, 1.165) is 6.42 Å². The zero-order chi connectivity index (χ0) is 20.3. The molecule has 0 saturated heterocycles. The van der Waals surface area contributed by atoms with Crippen LogP contribution in [0.1, 0.15) is 17.0 Å². The minimum absolute atomic E-state index is 0.0445. The lowest BCUT2D eigenvalue weighted by Crippen LogP contribution is -2.11. The summed E-state index contributed by atoms with van der Waals surface area (Å²) in [7, 11) is -4.07. The van der Waals surface area contributed by atoms with Gasteiger partial charge in [0.25, 0.3) is 5.91 Å². The number of ether oxygens (including phenoxy) is 2. The largest absolute Gasteiger partial charge is 0.490 e. The molecule has 1 aliphatic rings. The Kier molecular flexibility index (Phi) is 5.13. The van der Waals surface area contributed by atoms with Crippen molar-refractivity contribution in [3.63, 3.8) is 0 Å². The molecule has 2 aromatic carbocycles. The van der Waals surface area contributed by atoms with Gasteiger partial charge in [-0.15, -0.1) is 0 Å². The fraction of sp³-hybridized carbons (Fsp3) is 0.150. The van der Waals surface area contributed by atoms with E-state index < -0.39 is 16.0 Å². The molecule has 0 saturated carbocycles. The van der Waals surface area contributed by atoms with Crippen molar-refractivity contribution >= 4 is 21.7 Å². The van der Waals surface area contributed by atoms with Gasteiger partial charge in [-0.3, -0.25) is 4.79 Å². The van der Waals surface area contributed by atoms with E-state index >= 15 is 0 Å². The molecule has 0 unspecified atom stereocenters. The fourth-order valence-electron chi connectivity index (χ4n) is 2.67. The van der Waals surface area contributed by atoms with Crippen LogP contribution >= 0.6 is 0 Å². The summed E-state index contributed by atoms with van der Waals surface area (Å²) in [4.78, 5) is 11.9. The first-order valence-electron chi connectivity index (χ1n) is 8.80. The van der Waals surface area contributed by atoms with E-state index in [0.29, 0.717) is 30.4 Å². The first kappa shape index (κ1) is 18.9. The van der Waals surface area contributed by atoms with Crippen molar-refractivity contribution in [2.45, 2.75) is 11.3 Å². The number of anilines is 1. The zero-order valence-electron chi connectivity index (χ0n) is 15.2. The maximum absolute atomic E-state index is 12.6. The van der Waals surface area contributed by atoms with E-state index in [1.807, 2.05) is 0 Å². The van der Waals surface area contributed by atoms with Crippen molar-refractivity contribution in [1.82, 2.24) is 0 Å². The van der Waals surface area contributed by atoms with Crippen molar-refractivity contribution in [2.24, 2.45) is 0 Å². The molecular weight excluding hydrogens is 398 g/mol. The van der Waals surface area contributed by atoms with Gasteiger partial charge in [0.2, 0.25) is 0 Å². The molecule has 9 heteroatoms. The van der Waals surface area contributed by atoms with Crippen LogP contribution in [0.2, 0.25) is 0 Å². The molecule has 1 aliphatic heterocycles. The second kappa shape index (κ2) is 7.88. The van der Waals surface area contributed by atoms with Crippen LogP contribution in [0, 0.1) is 0 Å². The van der Waals surface area contributed by atoms with Crippen LogP contribution in [0.25, 0.3) is 0 Å². The van der Waals surface area contributed by atoms with E-state index in [-0.39, 0.29) is 16.4 Å². The number of fused-ring (bicyclic) bond motifs is 1. The molecule has 8 nitrogen and oxygen atoms in total. The highest BCUT2D eigenvalue weighted by Crippen LogP contribution is 2.33. The number of hydrogen-bond acceptors (Lipinski definition) is 7.